The monoisotopic (exact) mass is 224 g/mol. The second kappa shape index (κ2) is 4.02. The molecule has 0 heterocycles. The maximum Gasteiger partial charge on any atom is 0.227 e. The molecule has 0 radical (unpaired) electrons. The summed E-state index contributed by atoms with van der Waals surface area (Å²) in [7, 11) is 0. The molecule has 2 fully saturated rings. The zero-order chi connectivity index (χ0) is 11.8. The van der Waals surface area contributed by atoms with Gasteiger partial charge in [-0.3, -0.25) is 4.79 Å². The molecule has 2 rings (SSSR count). The molecular weight excluding hydrogens is 200 g/mol. The van der Waals surface area contributed by atoms with E-state index < -0.39 is 0 Å². The van der Waals surface area contributed by atoms with Crippen LogP contribution in [0.25, 0.3) is 0 Å². The Morgan fingerprint density at radius 1 is 1.19 bits per heavy atom. The van der Waals surface area contributed by atoms with Gasteiger partial charge in [-0.15, -0.1) is 0 Å². The van der Waals surface area contributed by atoms with Crippen LogP contribution in [-0.2, 0) is 4.79 Å². The Bertz CT molecular complexity index is 284. The van der Waals surface area contributed by atoms with E-state index in [9.17, 15) is 4.79 Å². The highest BCUT2D eigenvalue weighted by atomic mass is 16.2. The molecule has 16 heavy (non-hydrogen) atoms. The van der Waals surface area contributed by atoms with Gasteiger partial charge in [0.25, 0.3) is 0 Å². The van der Waals surface area contributed by atoms with Crippen molar-refractivity contribution in [1.29, 1.82) is 0 Å². The van der Waals surface area contributed by atoms with Crippen molar-refractivity contribution in [1.82, 2.24) is 5.32 Å². The van der Waals surface area contributed by atoms with Gasteiger partial charge in [-0.2, -0.15) is 0 Å². The molecule has 0 aliphatic heterocycles. The fraction of sp³-hybridized carbons (Fsp3) is 0.923. The summed E-state index contributed by atoms with van der Waals surface area (Å²) < 4.78 is 0. The largest absolute Gasteiger partial charge is 0.350 e. The zero-order valence-electron chi connectivity index (χ0n) is 10.5. The second-order valence-electron chi connectivity index (χ2n) is 6.14. The van der Waals surface area contributed by atoms with Gasteiger partial charge in [-0.05, 0) is 39.5 Å². The Morgan fingerprint density at radius 2 is 1.81 bits per heavy atom. The van der Waals surface area contributed by atoms with E-state index in [1.807, 2.05) is 6.92 Å². The van der Waals surface area contributed by atoms with Gasteiger partial charge < -0.3 is 11.1 Å². The molecule has 1 amide bonds. The highest BCUT2D eigenvalue weighted by Gasteiger charge is 2.45. The van der Waals surface area contributed by atoms with Crippen molar-refractivity contribution in [3.63, 3.8) is 0 Å². The molecule has 3 N–H and O–H groups in total. The average Bonchev–Trinajstić information content (AvgIpc) is 2.76. The molecule has 0 saturated heterocycles. The van der Waals surface area contributed by atoms with E-state index in [-0.39, 0.29) is 22.9 Å². The van der Waals surface area contributed by atoms with Crippen LogP contribution in [0.2, 0.25) is 0 Å². The van der Waals surface area contributed by atoms with Crippen molar-refractivity contribution in [2.45, 2.75) is 70.4 Å². The quantitative estimate of drug-likeness (QED) is 0.753. The highest BCUT2D eigenvalue weighted by Crippen LogP contribution is 2.38. The van der Waals surface area contributed by atoms with Gasteiger partial charge in [-0.1, -0.05) is 19.3 Å². The maximum absolute atomic E-state index is 12.3. The average molecular weight is 224 g/mol. The molecule has 2 aliphatic rings. The molecule has 92 valence electrons. The van der Waals surface area contributed by atoms with Crippen LogP contribution >= 0.6 is 0 Å². The van der Waals surface area contributed by atoms with Gasteiger partial charge in [0.15, 0.2) is 0 Å². The molecule has 3 nitrogen and oxygen atoms in total. The number of nitrogens with one attached hydrogen (secondary N) is 1. The minimum atomic E-state index is -0.328. The van der Waals surface area contributed by atoms with Crippen LogP contribution in [0.3, 0.4) is 0 Å². The minimum absolute atomic E-state index is 0.0302. The fourth-order valence-electron chi connectivity index (χ4n) is 3.17. The fourth-order valence-corrected chi connectivity index (χ4v) is 3.17. The maximum atomic E-state index is 12.3. The van der Waals surface area contributed by atoms with Gasteiger partial charge in [0.2, 0.25) is 5.91 Å². The number of nitrogens with two attached hydrogens (primary N) is 1. The van der Waals surface area contributed by atoms with Crippen molar-refractivity contribution in [3.05, 3.63) is 0 Å². The van der Waals surface area contributed by atoms with Crippen molar-refractivity contribution >= 4 is 5.91 Å². The predicted octanol–water partition coefficient (Wildman–Crippen LogP) is 1.95. The summed E-state index contributed by atoms with van der Waals surface area (Å²) in [6.07, 6.45) is 7.71. The van der Waals surface area contributed by atoms with Crippen LogP contribution in [0, 0.1) is 5.41 Å². The third-order valence-electron chi connectivity index (χ3n) is 4.67. The van der Waals surface area contributed by atoms with Crippen LogP contribution in [0.1, 0.15) is 58.8 Å². The number of rotatable bonds is 2. The lowest BCUT2D eigenvalue weighted by Gasteiger charge is -2.34. The second-order valence-corrected chi connectivity index (χ2v) is 6.14. The van der Waals surface area contributed by atoms with E-state index in [0.29, 0.717) is 0 Å². The van der Waals surface area contributed by atoms with E-state index in [4.69, 9.17) is 5.73 Å². The number of amides is 1. The molecule has 2 aliphatic carbocycles. The Kier molecular flexibility index (Phi) is 2.99. The molecule has 2 saturated carbocycles. The van der Waals surface area contributed by atoms with E-state index in [1.54, 1.807) is 0 Å². The third kappa shape index (κ3) is 1.97. The Labute approximate surface area is 98.2 Å². The summed E-state index contributed by atoms with van der Waals surface area (Å²) in [5.41, 5.74) is 5.77. The molecule has 0 aromatic carbocycles. The first kappa shape index (κ1) is 11.9. The molecule has 0 bridgehead atoms. The summed E-state index contributed by atoms with van der Waals surface area (Å²) in [5, 5.41) is 3.25. The predicted molar refractivity (Wildman–Crippen MR) is 64.9 cm³/mol. The zero-order valence-corrected chi connectivity index (χ0v) is 10.5. The van der Waals surface area contributed by atoms with E-state index in [1.165, 1.54) is 12.8 Å². The normalized spacial score (nSPS) is 37.6. The van der Waals surface area contributed by atoms with Crippen LogP contribution in [0.4, 0.5) is 0 Å². The Balaban J connectivity index is 2.02. The minimum Gasteiger partial charge on any atom is -0.350 e. The number of carbonyl (C=O) groups is 1. The van der Waals surface area contributed by atoms with E-state index in [0.717, 1.165) is 32.1 Å². The molecule has 2 atom stereocenters. The summed E-state index contributed by atoms with van der Waals surface area (Å²) in [6, 6.07) is 0.0394. The molecule has 0 spiro atoms. The standard InChI is InChI=1S/C13H24N2O/c1-12(7-3-4-8-12)15-11(16)13(2)9-5-6-10(13)14/h10H,3-9,14H2,1-2H3,(H,15,16). The molecule has 0 aromatic rings. The van der Waals surface area contributed by atoms with Crippen LogP contribution in [0.5, 0.6) is 0 Å². The van der Waals surface area contributed by atoms with Crippen LogP contribution in [0.15, 0.2) is 0 Å². The van der Waals surface area contributed by atoms with Gasteiger partial charge in [-0.25, -0.2) is 0 Å². The van der Waals surface area contributed by atoms with Gasteiger partial charge >= 0.3 is 0 Å². The lowest BCUT2D eigenvalue weighted by molar-refractivity contribution is -0.132. The smallest absolute Gasteiger partial charge is 0.227 e. The first-order valence-electron chi connectivity index (χ1n) is 6.55. The summed E-state index contributed by atoms with van der Waals surface area (Å²) in [5.74, 6) is 0.182. The number of hydrogen-bond acceptors (Lipinski definition) is 2. The van der Waals surface area contributed by atoms with Crippen LogP contribution in [-0.4, -0.2) is 17.5 Å². The van der Waals surface area contributed by atoms with Crippen LogP contribution < -0.4 is 11.1 Å². The number of carbonyl (C=O) groups excluding carboxylic acids is 1. The summed E-state index contributed by atoms with van der Waals surface area (Å²) >= 11 is 0. The lowest BCUT2D eigenvalue weighted by atomic mass is 9.83. The van der Waals surface area contributed by atoms with Crippen molar-refractivity contribution in [2.75, 3.05) is 0 Å². The summed E-state index contributed by atoms with van der Waals surface area (Å²) in [6.45, 7) is 4.19. The van der Waals surface area contributed by atoms with Gasteiger partial charge in [0, 0.05) is 11.6 Å². The first-order chi connectivity index (χ1) is 7.46. The summed E-state index contributed by atoms with van der Waals surface area (Å²) in [4.78, 5) is 12.3. The number of hydrogen-bond donors (Lipinski definition) is 2. The first-order valence-corrected chi connectivity index (χ1v) is 6.55. The molecule has 3 heteroatoms. The molecule has 0 aromatic heterocycles. The Hall–Kier alpha value is -0.570. The topological polar surface area (TPSA) is 55.1 Å². The SMILES string of the molecule is CC1(NC(=O)C2(C)CCCC2N)CCCC1. The third-order valence-corrected chi connectivity index (χ3v) is 4.67. The van der Waals surface area contributed by atoms with Gasteiger partial charge in [0.1, 0.15) is 0 Å². The van der Waals surface area contributed by atoms with Crippen molar-refractivity contribution in [3.8, 4) is 0 Å². The lowest BCUT2D eigenvalue weighted by Crippen LogP contribution is -2.53. The highest BCUT2D eigenvalue weighted by molar-refractivity contribution is 5.84. The Morgan fingerprint density at radius 3 is 2.31 bits per heavy atom. The van der Waals surface area contributed by atoms with Crippen molar-refractivity contribution < 1.29 is 4.79 Å². The molecule has 2 unspecified atom stereocenters. The van der Waals surface area contributed by atoms with Crippen molar-refractivity contribution in [2.24, 2.45) is 11.1 Å². The van der Waals surface area contributed by atoms with E-state index in [2.05, 4.69) is 12.2 Å². The molecular formula is C13H24N2O. The van der Waals surface area contributed by atoms with Gasteiger partial charge in [0.05, 0.1) is 5.41 Å². The van der Waals surface area contributed by atoms with E-state index >= 15 is 0 Å².